The molecule has 78 heavy (non-hydrogen) atoms. The van der Waals surface area contributed by atoms with Gasteiger partial charge in [-0.2, -0.15) is 0 Å². The molecule has 0 bridgehead atoms. The van der Waals surface area contributed by atoms with Gasteiger partial charge in [0.25, 0.3) is 0 Å². The van der Waals surface area contributed by atoms with Crippen LogP contribution in [0.1, 0.15) is 237 Å². The molecular formula is C58H110N16Sn4. The van der Waals surface area contributed by atoms with Crippen LogP contribution in [0.15, 0.2) is 12.1 Å². The van der Waals surface area contributed by atoms with Crippen molar-refractivity contribution in [3.05, 3.63) is 12.1 Å². The number of rotatable bonds is 44. The Morgan fingerprint density at radius 3 is 0.513 bits per heavy atom. The number of hydrogen-bond donors (Lipinski definition) is 0. The van der Waals surface area contributed by atoms with Gasteiger partial charge in [0, 0.05) is 0 Å². The van der Waals surface area contributed by atoms with Crippen LogP contribution >= 0.6 is 0 Å². The molecule has 4 aromatic heterocycles. The third kappa shape index (κ3) is 17.9. The van der Waals surface area contributed by atoms with Gasteiger partial charge in [-0.25, -0.2) is 0 Å². The summed E-state index contributed by atoms with van der Waals surface area (Å²) in [5.41, 5.74) is 3.34. The van der Waals surface area contributed by atoms with E-state index in [1.54, 1.807) is 0 Å². The van der Waals surface area contributed by atoms with Crippen LogP contribution < -0.4 is 0 Å². The minimum atomic E-state index is -3.21. The average Bonchev–Trinajstić information content (AvgIpc) is 4.40. The van der Waals surface area contributed by atoms with Crippen molar-refractivity contribution >= 4 is 74.6 Å². The summed E-state index contributed by atoms with van der Waals surface area (Å²) >= 11 is -12.9. The Balaban J connectivity index is 1.93. The van der Waals surface area contributed by atoms with Gasteiger partial charge in [-0.1, -0.05) is 0 Å². The molecule has 438 valence electrons. The Morgan fingerprint density at radius 2 is 0.385 bits per heavy atom. The average molecular weight is 1510 g/mol. The van der Waals surface area contributed by atoms with Gasteiger partial charge in [-0.3, -0.25) is 0 Å². The molecule has 0 N–H and O–H groups in total. The second kappa shape index (κ2) is 35.7. The molecule has 0 saturated carbocycles. The summed E-state index contributed by atoms with van der Waals surface area (Å²) in [6, 6.07) is 4.45. The van der Waals surface area contributed by atoms with Gasteiger partial charge in [0.2, 0.25) is 0 Å². The van der Waals surface area contributed by atoms with Crippen molar-refractivity contribution in [3.63, 3.8) is 0 Å². The van der Waals surface area contributed by atoms with Crippen LogP contribution in [0.3, 0.4) is 0 Å². The second-order valence-corrected chi connectivity index (χ2v) is 73.3. The summed E-state index contributed by atoms with van der Waals surface area (Å²) < 4.78 is 23.7. The molecular weight excluding hydrogens is 1400 g/mol. The normalized spacial score (nSPS) is 12.7. The predicted molar refractivity (Wildman–Crippen MR) is 335 cm³/mol. The van der Waals surface area contributed by atoms with Gasteiger partial charge in [0.1, 0.15) is 0 Å². The summed E-state index contributed by atoms with van der Waals surface area (Å²) in [5.74, 6) is 2.44. The van der Waals surface area contributed by atoms with E-state index in [0.717, 1.165) is 22.3 Å². The van der Waals surface area contributed by atoms with E-state index in [4.69, 9.17) is 61.6 Å². The first-order chi connectivity index (χ1) is 38.0. The number of aromatic nitrogens is 16. The van der Waals surface area contributed by atoms with Crippen LogP contribution in [0.25, 0.3) is 45.6 Å². The predicted octanol–water partition coefficient (Wildman–Crippen LogP) is 17.1. The van der Waals surface area contributed by atoms with Gasteiger partial charge in [-0.05, 0) is 0 Å². The number of nitrogens with zero attached hydrogens (tertiary/aromatic N) is 16. The maximum atomic E-state index is 5.61. The van der Waals surface area contributed by atoms with Gasteiger partial charge in [0.05, 0.1) is 0 Å². The van der Waals surface area contributed by atoms with Crippen molar-refractivity contribution in [2.45, 2.75) is 290 Å². The van der Waals surface area contributed by atoms with E-state index >= 15 is 0 Å². The first kappa shape index (κ1) is 67.5. The molecule has 20 heteroatoms. The summed E-state index contributed by atoms with van der Waals surface area (Å²) in [7, 11) is 0. The van der Waals surface area contributed by atoms with Crippen LogP contribution in [-0.2, 0) is 0 Å². The molecule has 4 heterocycles. The van der Waals surface area contributed by atoms with Crippen molar-refractivity contribution < 1.29 is 0 Å². The molecule has 0 amide bonds. The van der Waals surface area contributed by atoms with Gasteiger partial charge < -0.3 is 0 Å². The fourth-order valence-electron chi connectivity index (χ4n) is 12.2. The monoisotopic (exact) mass is 1510 g/mol. The Labute approximate surface area is 491 Å². The first-order valence-corrected chi connectivity index (χ1v) is 61.8. The third-order valence-electron chi connectivity index (χ3n) is 17.4. The van der Waals surface area contributed by atoms with E-state index in [-0.39, 0.29) is 0 Å². The molecule has 0 unspecified atom stereocenters. The zero-order valence-corrected chi connectivity index (χ0v) is 63.2. The maximum absolute atomic E-state index is 5.61. The molecule has 0 aliphatic carbocycles. The fraction of sp³-hybridized carbons (Fsp3) is 0.828. The molecule has 0 fully saturated rings. The van der Waals surface area contributed by atoms with Crippen molar-refractivity contribution in [2.24, 2.45) is 0 Å². The summed E-state index contributed by atoms with van der Waals surface area (Å²) in [4.78, 5) is 0. The van der Waals surface area contributed by atoms with E-state index in [1.165, 1.54) is 207 Å². The summed E-state index contributed by atoms with van der Waals surface area (Å²) in [6.45, 7) is 27.9. The Morgan fingerprint density at radius 1 is 0.244 bits per heavy atom. The first-order valence-electron chi connectivity index (χ1n) is 32.5. The summed E-state index contributed by atoms with van der Waals surface area (Å²) in [6.07, 6.45) is 28.5. The van der Waals surface area contributed by atoms with E-state index in [9.17, 15) is 0 Å². The van der Waals surface area contributed by atoms with Crippen LogP contribution in [0, 0.1) is 0 Å². The molecule has 0 aliphatic rings. The molecule has 5 rings (SSSR count). The molecule has 0 atom stereocenters. The Kier molecular flexibility index (Phi) is 30.9. The van der Waals surface area contributed by atoms with Crippen LogP contribution in [0.5, 0.6) is 0 Å². The van der Waals surface area contributed by atoms with Gasteiger partial charge in [0.15, 0.2) is 0 Å². The number of tetrazole rings is 4. The SMILES string of the molecule is CCC[CH2][Sn]([CH2]CCC)([CH2]CCC)[n]1nnc(-c2cc(-c3nn[n]([Sn]([CH2]CCC)([CH2]CCC)[CH2]CCC)n3)c(-c3nn[n]([Sn]([CH2]CCC)([CH2]CCC)[CH2]CCC)n3)cc2-c2nn[n]([Sn]([CH2]CCC)([CH2]CCC)[CH2]CCC)n2)n1. The zero-order chi connectivity index (χ0) is 56.3. The van der Waals surface area contributed by atoms with E-state index in [1.807, 2.05) is 0 Å². The Bertz CT molecular complexity index is 2000. The molecule has 16 nitrogen and oxygen atoms in total. The number of hydrogen-bond acceptors (Lipinski definition) is 12. The second-order valence-electron chi connectivity index (χ2n) is 23.7. The third-order valence-corrected chi connectivity index (χ3v) is 73.3. The quantitative estimate of drug-likeness (QED) is 0.0338. The van der Waals surface area contributed by atoms with E-state index in [2.05, 4.69) is 107 Å². The van der Waals surface area contributed by atoms with Crippen LogP contribution in [0.2, 0.25) is 53.2 Å². The molecule has 5 aromatic rings. The van der Waals surface area contributed by atoms with Gasteiger partial charge in [-0.15, -0.1) is 0 Å². The van der Waals surface area contributed by atoms with Gasteiger partial charge >= 0.3 is 496 Å². The van der Waals surface area contributed by atoms with Crippen molar-refractivity contribution in [2.75, 3.05) is 0 Å². The number of unbranched alkanes of at least 4 members (excludes halogenated alkanes) is 12. The topological polar surface area (TPSA) is 174 Å². The zero-order valence-electron chi connectivity index (χ0n) is 51.8. The fourth-order valence-corrected chi connectivity index (χ4v) is 68.4. The van der Waals surface area contributed by atoms with Crippen LogP contribution in [0.4, 0.5) is 0 Å². The standard InChI is InChI=1S/C10H2N16.12C4H9.4Sn/c1-3(7-11-19-20-12-7)5(9-15-23-24-16-9)2-6(10-17-25-26-18-10)4(1)8-13-21-22-14-8;12*1-3-4-2;;;;/h1-2H;12*1,3-4H2,2H3;;;;/q-4;;;;;;;;;;;;;4*+1. The van der Waals surface area contributed by atoms with Crippen molar-refractivity contribution in [3.8, 4) is 45.6 Å². The molecule has 1 aromatic carbocycles. The van der Waals surface area contributed by atoms with Crippen LogP contribution in [-0.4, -0.2) is 148 Å². The van der Waals surface area contributed by atoms with Crippen molar-refractivity contribution in [1.29, 1.82) is 0 Å². The van der Waals surface area contributed by atoms with E-state index < -0.39 is 74.6 Å². The minimum absolute atomic E-state index is 0.609. The summed E-state index contributed by atoms with van der Waals surface area (Å²) in [5, 5.41) is 63.5. The molecule has 0 radical (unpaired) electrons. The molecule has 0 saturated heterocycles. The van der Waals surface area contributed by atoms with E-state index in [0.29, 0.717) is 23.3 Å². The Hall–Kier alpha value is -1.31. The van der Waals surface area contributed by atoms with Crippen molar-refractivity contribution in [1.82, 2.24) is 73.7 Å². The molecule has 0 spiro atoms. The number of benzene rings is 1. The molecule has 0 aliphatic heterocycles.